The van der Waals surface area contributed by atoms with E-state index in [1.54, 1.807) is 0 Å². The van der Waals surface area contributed by atoms with Crippen LogP contribution < -0.4 is 10.2 Å². The van der Waals surface area contributed by atoms with Crippen molar-refractivity contribution in [3.05, 3.63) is 28.8 Å². The van der Waals surface area contributed by atoms with Crippen LogP contribution in [0, 0.1) is 5.92 Å². The summed E-state index contributed by atoms with van der Waals surface area (Å²) in [5.41, 5.74) is 2.40. The summed E-state index contributed by atoms with van der Waals surface area (Å²) in [5, 5.41) is 4.27. The lowest BCUT2D eigenvalue weighted by molar-refractivity contribution is 0.321. The number of hydrogen-bond acceptors (Lipinski definition) is 2. The molecule has 0 amide bonds. The Morgan fingerprint density at radius 3 is 2.63 bits per heavy atom. The van der Waals surface area contributed by atoms with Gasteiger partial charge in [-0.25, -0.2) is 0 Å². The molecule has 0 atom stereocenters. The maximum Gasteiger partial charge on any atom is 0.0471 e. The molecule has 106 valence electrons. The van der Waals surface area contributed by atoms with Crippen LogP contribution in [0.25, 0.3) is 0 Å². The summed E-state index contributed by atoms with van der Waals surface area (Å²) in [6.45, 7) is 6.28. The molecule has 0 bridgehead atoms. The minimum Gasteiger partial charge on any atom is -0.374 e. The van der Waals surface area contributed by atoms with Crippen LogP contribution >= 0.6 is 11.6 Å². The van der Waals surface area contributed by atoms with Crippen LogP contribution in [0.15, 0.2) is 18.2 Å². The zero-order chi connectivity index (χ0) is 13.8. The van der Waals surface area contributed by atoms with Crippen molar-refractivity contribution < 1.29 is 0 Å². The minimum absolute atomic E-state index is 0.483. The standard InChI is InChI=1S/C16H25ClN2/c1-12(2)18-10-14-7-8-15(9-16(14)17)19(3)11-13-5-4-6-13/h7-9,12-13,18H,4-6,10-11H2,1-3H3. The maximum atomic E-state index is 6.37. The van der Waals surface area contributed by atoms with Crippen LogP contribution in [-0.4, -0.2) is 19.6 Å². The van der Waals surface area contributed by atoms with Gasteiger partial charge in [0.15, 0.2) is 0 Å². The van der Waals surface area contributed by atoms with E-state index in [1.165, 1.54) is 30.5 Å². The average molecular weight is 281 g/mol. The molecule has 0 heterocycles. The molecule has 0 spiro atoms. The van der Waals surface area contributed by atoms with Gasteiger partial charge < -0.3 is 10.2 Å². The summed E-state index contributed by atoms with van der Waals surface area (Å²) in [7, 11) is 2.16. The van der Waals surface area contributed by atoms with Crippen molar-refractivity contribution in [1.29, 1.82) is 0 Å². The molecule has 0 radical (unpaired) electrons. The summed E-state index contributed by atoms with van der Waals surface area (Å²) in [6, 6.07) is 6.90. The van der Waals surface area contributed by atoms with Crippen molar-refractivity contribution in [2.75, 3.05) is 18.5 Å². The normalized spacial score (nSPS) is 15.6. The van der Waals surface area contributed by atoms with E-state index in [1.807, 2.05) is 0 Å². The number of halogens is 1. The van der Waals surface area contributed by atoms with Crippen molar-refractivity contribution >= 4 is 17.3 Å². The van der Waals surface area contributed by atoms with E-state index in [0.717, 1.165) is 24.0 Å². The molecule has 19 heavy (non-hydrogen) atoms. The van der Waals surface area contributed by atoms with Crippen molar-refractivity contribution in [1.82, 2.24) is 5.32 Å². The summed E-state index contributed by atoms with van der Waals surface area (Å²) >= 11 is 6.37. The first-order valence-electron chi connectivity index (χ1n) is 7.29. The molecule has 2 rings (SSSR count). The van der Waals surface area contributed by atoms with E-state index >= 15 is 0 Å². The monoisotopic (exact) mass is 280 g/mol. The Balaban J connectivity index is 1.96. The third-order valence-electron chi connectivity index (χ3n) is 3.93. The number of nitrogens with one attached hydrogen (secondary N) is 1. The van der Waals surface area contributed by atoms with Crippen LogP contribution in [0.2, 0.25) is 5.02 Å². The Hall–Kier alpha value is -0.730. The van der Waals surface area contributed by atoms with E-state index in [-0.39, 0.29) is 0 Å². The average Bonchev–Trinajstić information content (AvgIpc) is 2.31. The van der Waals surface area contributed by atoms with Gasteiger partial charge >= 0.3 is 0 Å². The third kappa shape index (κ3) is 4.12. The predicted molar refractivity (Wildman–Crippen MR) is 84.0 cm³/mol. The molecule has 0 saturated heterocycles. The molecule has 1 aliphatic carbocycles. The Labute approximate surface area is 122 Å². The largest absolute Gasteiger partial charge is 0.374 e. The van der Waals surface area contributed by atoms with Gasteiger partial charge in [0.05, 0.1) is 0 Å². The highest BCUT2D eigenvalue weighted by Gasteiger charge is 2.19. The molecule has 1 fully saturated rings. The predicted octanol–water partition coefficient (Wildman–Crippen LogP) is 4.07. The number of nitrogens with zero attached hydrogens (tertiary/aromatic N) is 1. The molecule has 1 aliphatic rings. The first-order chi connectivity index (χ1) is 9.06. The first kappa shape index (κ1) is 14.7. The quantitative estimate of drug-likeness (QED) is 0.845. The van der Waals surface area contributed by atoms with Gasteiger partial charge in [0.2, 0.25) is 0 Å². The number of hydrogen-bond donors (Lipinski definition) is 1. The van der Waals surface area contributed by atoms with Gasteiger partial charge in [-0.1, -0.05) is 37.9 Å². The lowest BCUT2D eigenvalue weighted by atomic mass is 9.85. The highest BCUT2D eigenvalue weighted by Crippen LogP contribution is 2.29. The van der Waals surface area contributed by atoms with Crippen LogP contribution in [-0.2, 0) is 6.54 Å². The molecule has 1 aromatic rings. The second-order valence-corrected chi connectivity index (χ2v) is 6.40. The van der Waals surface area contributed by atoms with Crippen molar-refractivity contribution in [3.63, 3.8) is 0 Å². The van der Waals surface area contributed by atoms with Gasteiger partial charge in [-0.05, 0) is 36.5 Å². The highest BCUT2D eigenvalue weighted by molar-refractivity contribution is 6.31. The van der Waals surface area contributed by atoms with Crippen molar-refractivity contribution in [3.8, 4) is 0 Å². The Morgan fingerprint density at radius 1 is 1.37 bits per heavy atom. The molecular weight excluding hydrogens is 256 g/mol. The van der Waals surface area contributed by atoms with Crippen molar-refractivity contribution in [2.45, 2.75) is 45.7 Å². The van der Waals surface area contributed by atoms with Crippen molar-refractivity contribution in [2.24, 2.45) is 5.92 Å². The SMILES string of the molecule is CC(C)NCc1ccc(N(C)CC2CCC2)cc1Cl. The highest BCUT2D eigenvalue weighted by atomic mass is 35.5. The summed E-state index contributed by atoms with van der Waals surface area (Å²) in [6.07, 6.45) is 4.17. The molecule has 0 unspecified atom stereocenters. The number of benzene rings is 1. The maximum absolute atomic E-state index is 6.37. The van der Waals surface area contributed by atoms with Crippen LogP contribution in [0.5, 0.6) is 0 Å². The smallest absolute Gasteiger partial charge is 0.0471 e. The zero-order valence-electron chi connectivity index (χ0n) is 12.2. The molecule has 0 aliphatic heterocycles. The second-order valence-electron chi connectivity index (χ2n) is 5.99. The fraction of sp³-hybridized carbons (Fsp3) is 0.625. The number of rotatable bonds is 6. The Morgan fingerprint density at radius 2 is 2.11 bits per heavy atom. The van der Waals surface area contributed by atoms with Gasteiger partial charge in [0, 0.05) is 36.9 Å². The van der Waals surface area contributed by atoms with Gasteiger partial charge in [0.1, 0.15) is 0 Å². The van der Waals surface area contributed by atoms with E-state index in [0.29, 0.717) is 6.04 Å². The minimum atomic E-state index is 0.483. The summed E-state index contributed by atoms with van der Waals surface area (Å²) in [5.74, 6) is 0.881. The second kappa shape index (κ2) is 6.62. The molecule has 1 aromatic carbocycles. The summed E-state index contributed by atoms with van der Waals surface area (Å²) < 4.78 is 0. The fourth-order valence-electron chi connectivity index (χ4n) is 2.40. The van der Waals surface area contributed by atoms with E-state index in [9.17, 15) is 0 Å². The third-order valence-corrected chi connectivity index (χ3v) is 4.29. The lowest BCUT2D eigenvalue weighted by Gasteiger charge is -2.31. The molecule has 3 heteroatoms. The molecular formula is C16H25ClN2. The molecule has 1 N–H and O–H groups in total. The van der Waals surface area contributed by atoms with Crippen LogP contribution in [0.4, 0.5) is 5.69 Å². The molecule has 2 nitrogen and oxygen atoms in total. The summed E-state index contributed by atoms with van der Waals surface area (Å²) in [4.78, 5) is 2.33. The van der Waals surface area contributed by atoms with Gasteiger partial charge in [-0.2, -0.15) is 0 Å². The van der Waals surface area contributed by atoms with Crippen LogP contribution in [0.1, 0.15) is 38.7 Å². The zero-order valence-corrected chi connectivity index (χ0v) is 13.0. The van der Waals surface area contributed by atoms with Gasteiger partial charge in [-0.15, -0.1) is 0 Å². The molecule has 1 saturated carbocycles. The van der Waals surface area contributed by atoms with E-state index in [2.05, 4.69) is 49.3 Å². The first-order valence-corrected chi connectivity index (χ1v) is 7.67. The van der Waals surface area contributed by atoms with E-state index in [4.69, 9.17) is 11.6 Å². The lowest BCUT2D eigenvalue weighted by Crippen LogP contribution is -2.29. The Bertz CT molecular complexity index is 413. The topological polar surface area (TPSA) is 15.3 Å². The van der Waals surface area contributed by atoms with E-state index < -0.39 is 0 Å². The fourth-order valence-corrected chi connectivity index (χ4v) is 2.64. The van der Waals surface area contributed by atoms with Gasteiger partial charge in [-0.3, -0.25) is 0 Å². The van der Waals surface area contributed by atoms with Crippen LogP contribution in [0.3, 0.4) is 0 Å². The Kier molecular flexibility index (Phi) is 5.12. The number of anilines is 1. The molecule has 0 aromatic heterocycles. The van der Waals surface area contributed by atoms with Gasteiger partial charge in [0.25, 0.3) is 0 Å².